The van der Waals surface area contributed by atoms with Crippen molar-refractivity contribution in [3.8, 4) is 0 Å². The number of anilines is 1. The zero-order valence-corrected chi connectivity index (χ0v) is 18.8. The maximum absolute atomic E-state index is 12.6. The molecule has 2 aliphatic heterocycles. The molecule has 1 atom stereocenters. The summed E-state index contributed by atoms with van der Waals surface area (Å²) in [5, 5.41) is 5.80. The number of benzene rings is 1. The quantitative estimate of drug-likeness (QED) is 0.600. The Morgan fingerprint density at radius 3 is 2.52 bits per heavy atom. The van der Waals surface area contributed by atoms with E-state index >= 15 is 0 Å². The fraction of sp³-hybridized carbons (Fsp3) is 0.440. The molecule has 174 valence electrons. The number of piperidine rings is 1. The third kappa shape index (κ3) is 5.88. The Hall–Kier alpha value is -3.42. The second kappa shape index (κ2) is 10.5. The highest BCUT2D eigenvalue weighted by Gasteiger charge is 2.27. The van der Waals surface area contributed by atoms with E-state index in [2.05, 4.69) is 15.6 Å². The summed E-state index contributed by atoms with van der Waals surface area (Å²) in [6.07, 6.45) is 4.19. The van der Waals surface area contributed by atoms with E-state index in [9.17, 15) is 14.4 Å². The van der Waals surface area contributed by atoms with Gasteiger partial charge in [-0.15, -0.1) is 0 Å². The summed E-state index contributed by atoms with van der Waals surface area (Å²) in [5.74, 6) is 0.434. The zero-order valence-electron chi connectivity index (χ0n) is 18.8. The van der Waals surface area contributed by atoms with Crippen LogP contribution < -0.4 is 16.4 Å². The predicted molar refractivity (Wildman–Crippen MR) is 125 cm³/mol. The maximum Gasteiger partial charge on any atom is 0.255 e. The van der Waals surface area contributed by atoms with Gasteiger partial charge in [-0.3, -0.25) is 14.4 Å². The van der Waals surface area contributed by atoms with Gasteiger partial charge in [0.15, 0.2) is 0 Å². The van der Waals surface area contributed by atoms with E-state index in [1.807, 2.05) is 41.3 Å². The summed E-state index contributed by atoms with van der Waals surface area (Å²) in [5.41, 5.74) is 8.38. The summed E-state index contributed by atoms with van der Waals surface area (Å²) in [7, 11) is 0. The lowest BCUT2D eigenvalue weighted by atomic mass is 9.92. The number of hydrogen-bond donors (Lipinski definition) is 3. The molecule has 1 unspecified atom stereocenters. The summed E-state index contributed by atoms with van der Waals surface area (Å²) in [6, 6.07) is 13.5. The van der Waals surface area contributed by atoms with E-state index in [4.69, 9.17) is 5.73 Å². The number of carbonyl (C=O) groups excluding carboxylic acids is 3. The minimum atomic E-state index is -0.241. The van der Waals surface area contributed by atoms with Crippen molar-refractivity contribution >= 4 is 23.5 Å². The third-order valence-corrected chi connectivity index (χ3v) is 6.54. The fourth-order valence-electron chi connectivity index (χ4n) is 4.56. The predicted octanol–water partition coefficient (Wildman–Crippen LogP) is 2.36. The molecule has 0 radical (unpaired) electrons. The first-order valence-electron chi connectivity index (χ1n) is 11.7. The smallest absolute Gasteiger partial charge is 0.255 e. The van der Waals surface area contributed by atoms with Crippen LogP contribution >= 0.6 is 0 Å². The first-order valence-corrected chi connectivity index (χ1v) is 11.7. The van der Waals surface area contributed by atoms with Crippen LogP contribution in [0.4, 0.5) is 5.82 Å². The number of carbonyl (C=O) groups is 3. The molecule has 2 saturated heterocycles. The van der Waals surface area contributed by atoms with Gasteiger partial charge >= 0.3 is 0 Å². The Balaban J connectivity index is 1.26. The second-order valence-corrected chi connectivity index (χ2v) is 8.83. The summed E-state index contributed by atoms with van der Waals surface area (Å²) in [4.78, 5) is 42.8. The molecular formula is C25H31N5O3. The monoisotopic (exact) mass is 449 g/mol. The third-order valence-electron chi connectivity index (χ3n) is 6.54. The lowest BCUT2D eigenvalue weighted by molar-refractivity contribution is -0.132. The van der Waals surface area contributed by atoms with Crippen molar-refractivity contribution in [3.05, 3.63) is 59.3 Å². The highest BCUT2D eigenvalue weighted by atomic mass is 16.2. The van der Waals surface area contributed by atoms with Gasteiger partial charge in [0.1, 0.15) is 5.82 Å². The van der Waals surface area contributed by atoms with Crippen molar-refractivity contribution < 1.29 is 14.4 Å². The van der Waals surface area contributed by atoms with Gasteiger partial charge in [0.05, 0.1) is 5.56 Å². The molecule has 1 aromatic heterocycles. The van der Waals surface area contributed by atoms with Gasteiger partial charge in [-0.2, -0.15) is 0 Å². The largest absolute Gasteiger partial charge is 0.383 e. The summed E-state index contributed by atoms with van der Waals surface area (Å²) >= 11 is 0. The number of nitrogens with one attached hydrogen (secondary N) is 2. The molecule has 0 bridgehead atoms. The van der Waals surface area contributed by atoms with Crippen molar-refractivity contribution in [1.82, 2.24) is 20.5 Å². The molecule has 8 nitrogen and oxygen atoms in total. The lowest BCUT2D eigenvalue weighted by Gasteiger charge is -2.32. The van der Waals surface area contributed by atoms with Gasteiger partial charge in [0, 0.05) is 50.1 Å². The Morgan fingerprint density at radius 1 is 1.09 bits per heavy atom. The summed E-state index contributed by atoms with van der Waals surface area (Å²) in [6.45, 7) is 1.79. The molecule has 0 spiro atoms. The van der Waals surface area contributed by atoms with Gasteiger partial charge in [-0.25, -0.2) is 4.98 Å². The first kappa shape index (κ1) is 22.8. The van der Waals surface area contributed by atoms with E-state index in [-0.39, 0.29) is 35.5 Å². The van der Waals surface area contributed by atoms with Crippen LogP contribution in [0, 0.1) is 0 Å². The van der Waals surface area contributed by atoms with Gasteiger partial charge in [-0.1, -0.05) is 30.3 Å². The van der Waals surface area contributed by atoms with E-state index in [0.717, 1.165) is 30.5 Å². The van der Waals surface area contributed by atoms with Crippen LogP contribution in [0.15, 0.2) is 42.5 Å². The van der Waals surface area contributed by atoms with Crippen LogP contribution in [0.3, 0.4) is 0 Å². The number of rotatable bonds is 7. The van der Waals surface area contributed by atoms with Gasteiger partial charge in [-0.05, 0) is 43.4 Å². The van der Waals surface area contributed by atoms with Crippen molar-refractivity contribution in [3.63, 3.8) is 0 Å². The molecule has 4 rings (SSSR count). The van der Waals surface area contributed by atoms with Crippen molar-refractivity contribution in [2.45, 2.75) is 57.0 Å². The van der Waals surface area contributed by atoms with Crippen LogP contribution in [0.1, 0.15) is 66.1 Å². The van der Waals surface area contributed by atoms with Crippen molar-refractivity contribution in [2.75, 3.05) is 18.8 Å². The molecular weight excluding hydrogens is 418 g/mol. The van der Waals surface area contributed by atoms with Crippen LogP contribution in [0.25, 0.3) is 0 Å². The van der Waals surface area contributed by atoms with Crippen LogP contribution in [-0.2, 0) is 16.1 Å². The Kier molecular flexibility index (Phi) is 7.22. The molecule has 33 heavy (non-hydrogen) atoms. The van der Waals surface area contributed by atoms with Crippen LogP contribution in [-0.4, -0.2) is 46.7 Å². The molecule has 4 N–H and O–H groups in total. The van der Waals surface area contributed by atoms with Crippen LogP contribution in [0.5, 0.6) is 0 Å². The Bertz CT molecular complexity index is 1000. The van der Waals surface area contributed by atoms with Crippen molar-refractivity contribution in [2.24, 2.45) is 0 Å². The summed E-state index contributed by atoms with van der Waals surface area (Å²) < 4.78 is 0. The maximum atomic E-state index is 12.6. The number of amides is 3. The SMILES string of the molecule is Nc1nc(C2CCN(C(=O)CCC3CCC(=O)N3)CC2)ccc1C(=O)NCc1ccccc1. The molecule has 0 saturated carbocycles. The molecule has 1 aromatic carbocycles. The minimum absolute atomic E-state index is 0.0831. The van der Waals surface area contributed by atoms with E-state index in [0.29, 0.717) is 44.5 Å². The molecule has 2 aromatic rings. The Labute approximate surface area is 193 Å². The number of pyridine rings is 1. The number of nitrogen functional groups attached to an aromatic ring is 1. The average Bonchev–Trinajstić information content (AvgIpc) is 3.26. The molecule has 2 aliphatic rings. The first-order chi connectivity index (χ1) is 16.0. The average molecular weight is 450 g/mol. The standard InChI is InChI=1S/C25H31N5O3/c26-24-20(25(33)27-16-17-4-2-1-3-5-17)8-9-21(29-24)18-12-14-30(15-13-18)23(32)11-7-19-6-10-22(31)28-19/h1-5,8-9,18-19H,6-7,10-16H2,(H2,26,29)(H,27,33)(H,28,31). The topological polar surface area (TPSA) is 117 Å². The molecule has 8 heteroatoms. The van der Waals surface area contributed by atoms with Gasteiger partial charge < -0.3 is 21.3 Å². The second-order valence-electron chi connectivity index (χ2n) is 8.83. The molecule has 2 fully saturated rings. The number of likely N-dealkylation sites (tertiary alicyclic amines) is 1. The molecule has 0 aliphatic carbocycles. The number of nitrogens with zero attached hydrogens (tertiary/aromatic N) is 2. The number of nitrogens with two attached hydrogens (primary N) is 1. The van der Waals surface area contributed by atoms with Crippen LogP contribution in [0.2, 0.25) is 0 Å². The minimum Gasteiger partial charge on any atom is -0.383 e. The highest BCUT2D eigenvalue weighted by Crippen LogP contribution is 2.28. The highest BCUT2D eigenvalue weighted by molar-refractivity contribution is 5.98. The zero-order chi connectivity index (χ0) is 23.2. The molecule has 3 amide bonds. The number of hydrogen-bond acceptors (Lipinski definition) is 5. The Morgan fingerprint density at radius 2 is 1.85 bits per heavy atom. The van der Waals surface area contributed by atoms with Crippen molar-refractivity contribution in [1.29, 1.82) is 0 Å². The van der Waals surface area contributed by atoms with Gasteiger partial charge in [0.2, 0.25) is 11.8 Å². The van der Waals surface area contributed by atoms with E-state index in [1.165, 1.54) is 0 Å². The van der Waals surface area contributed by atoms with E-state index < -0.39 is 0 Å². The van der Waals surface area contributed by atoms with E-state index in [1.54, 1.807) is 6.07 Å². The molecule has 3 heterocycles. The lowest BCUT2D eigenvalue weighted by Crippen LogP contribution is -2.38. The normalized spacial score (nSPS) is 18.7. The van der Waals surface area contributed by atoms with Gasteiger partial charge in [0.25, 0.3) is 5.91 Å². The number of aromatic nitrogens is 1. The fourth-order valence-corrected chi connectivity index (χ4v) is 4.56.